The molecule has 1 unspecified atom stereocenters. The zero-order chi connectivity index (χ0) is 31.8. The van der Waals surface area contributed by atoms with Crippen LogP contribution in [0, 0.1) is 6.92 Å². The Morgan fingerprint density at radius 1 is 1.23 bits per heavy atom. The van der Waals surface area contributed by atoms with E-state index in [1.807, 2.05) is 0 Å². The highest BCUT2D eigenvalue weighted by molar-refractivity contribution is 6.04. The summed E-state index contributed by atoms with van der Waals surface area (Å²) in [7, 11) is 0. The van der Waals surface area contributed by atoms with Crippen LogP contribution >= 0.6 is 0 Å². The number of aliphatic hydroxyl groups is 6. The van der Waals surface area contributed by atoms with Crippen molar-refractivity contribution in [3.63, 3.8) is 0 Å². The number of aliphatic hydroxyl groups excluding tert-OH is 5. The molecule has 4 heterocycles. The van der Waals surface area contributed by atoms with Crippen molar-refractivity contribution < 1.29 is 49.6 Å². The zero-order valence-electron chi connectivity index (χ0n) is 24.9. The van der Waals surface area contributed by atoms with Gasteiger partial charge in [0.15, 0.2) is 5.43 Å². The van der Waals surface area contributed by atoms with Crippen LogP contribution in [0.3, 0.4) is 0 Å². The highest BCUT2D eigenvalue weighted by Crippen LogP contribution is 2.41. The SMILES string of the molecule is Cc1cc(=O)c2cc3c(c(CCCO)c2o1)OC(C)(C)[C@H](OOC[C@H](O)[C@](O)(CN1C=CC2=NC=CC21)[C@H](O)[C@H](O)CO)C3. The number of aliphatic imine (C=N–C) groups is 1. The van der Waals surface area contributed by atoms with Crippen molar-refractivity contribution in [1.29, 1.82) is 0 Å². The Hall–Kier alpha value is -3.14. The van der Waals surface area contributed by atoms with E-state index >= 15 is 0 Å². The molecule has 1 aromatic heterocycles. The van der Waals surface area contributed by atoms with E-state index in [9.17, 15) is 35.4 Å². The Morgan fingerprint density at radius 2 is 2.00 bits per heavy atom. The van der Waals surface area contributed by atoms with Crippen LogP contribution in [-0.4, -0.2) is 109 Å². The second-order valence-corrected chi connectivity index (χ2v) is 12.1. The second kappa shape index (κ2) is 12.7. The predicted octanol–water partition coefficient (Wildman–Crippen LogP) is 0.0289. The van der Waals surface area contributed by atoms with Crippen LogP contribution in [0.2, 0.25) is 0 Å². The summed E-state index contributed by atoms with van der Waals surface area (Å²) in [5.41, 5.74) is -1.02. The molecule has 0 saturated heterocycles. The van der Waals surface area contributed by atoms with Crippen molar-refractivity contribution in [2.75, 3.05) is 26.4 Å². The minimum Gasteiger partial charge on any atom is -0.484 e. The lowest BCUT2D eigenvalue weighted by Gasteiger charge is -2.42. The van der Waals surface area contributed by atoms with Gasteiger partial charge in [-0.05, 0) is 57.4 Å². The molecule has 13 heteroatoms. The fraction of sp³-hybridized carbons (Fsp3) is 0.548. The van der Waals surface area contributed by atoms with Crippen LogP contribution in [0.4, 0.5) is 0 Å². The van der Waals surface area contributed by atoms with E-state index in [4.69, 9.17) is 18.9 Å². The van der Waals surface area contributed by atoms with E-state index in [-0.39, 0.29) is 31.0 Å². The lowest BCUT2D eigenvalue weighted by atomic mass is 9.86. The lowest BCUT2D eigenvalue weighted by Crippen LogP contribution is -2.64. The molecule has 0 fully saturated rings. The third-order valence-electron chi connectivity index (χ3n) is 8.47. The van der Waals surface area contributed by atoms with Gasteiger partial charge in [-0.1, -0.05) is 0 Å². The first-order valence-electron chi connectivity index (χ1n) is 14.6. The summed E-state index contributed by atoms with van der Waals surface area (Å²) in [6.07, 6.45) is 1.73. The van der Waals surface area contributed by atoms with Crippen LogP contribution in [0.5, 0.6) is 5.75 Å². The first-order valence-corrected chi connectivity index (χ1v) is 14.6. The molecule has 3 aliphatic heterocycles. The number of β-amino-alcohol motifs (C(OH)–C–C–N with tert-alkyl or cyclic N) is 1. The van der Waals surface area contributed by atoms with Gasteiger partial charge in [0.1, 0.15) is 59.3 Å². The third kappa shape index (κ3) is 6.06. The fourth-order valence-electron chi connectivity index (χ4n) is 5.88. The average Bonchev–Trinajstić information content (AvgIpc) is 3.60. The molecule has 2 aromatic rings. The van der Waals surface area contributed by atoms with Gasteiger partial charge in [0.05, 0.1) is 30.3 Å². The Bertz CT molecular complexity index is 1520. The number of hydrogen-bond acceptors (Lipinski definition) is 13. The van der Waals surface area contributed by atoms with Gasteiger partial charge in [-0.15, -0.1) is 0 Å². The highest BCUT2D eigenvalue weighted by atomic mass is 17.2. The topological polar surface area (TPSA) is 195 Å². The number of benzene rings is 1. The molecule has 1 aromatic carbocycles. The monoisotopic (exact) mass is 616 g/mol. The summed E-state index contributed by atoms with van der Waals surface area (Å²) in [4.78, 5) is 29.9. The van der Waals surface area contributed by atoms with E-state index in [0.29, 0.717) is 46.4 Å². The first-order chi connectivity index (χ1) is 20.9. The van der Waals surface area contributed by atoms with Crippen molar-refractivity contribution in [3.8, 4) is 5.75 Å². The van der Waals surface area contributed by atoms with Gasteiger partial charge in [-0.2, -0.15) is 0 Å². The van der Waals surface area contributed by atoms with Crippen LogP contribution < -0.4 is 10.2 Å². The molecule has 0 radical (unpaired) electrons. The van der Waals surface area contributed by atoms with Gasteiger partial charge < -0.3 is 44.7 Å². The first kappa shape index (κ1) is 32.3. The number of nitrogens with zero attached hydrogens (tertiary/aromatic N) is 2. The van der Waals surface area contributed by atoms with E-state index in [2.05, 4.69) is 4.99 Å². The minimum atomic E-state index is -2.35. The summed E-state index contributed by atoms with van der Waals surface area (Å²) in [5, 5.41) is 62.9. The molecule has 13 nitrogen and oxygen atoms in total. The van der Waals surface area contributed by atoms with E-state index in [0.717, 1.165) is 5.71 Å². The lowest BCUT2D eigenvalue weighted by molar-refractivity contribution is -0.363. The smallest absolute Gasteiger partial charge is 0.192 e. The average molecular weight is 617 g/mol. The van der Waals surface area contributed by atoms with Gasteiger partial charge in [0, 0.05) is 37.1 Å². The maximum Gasteiger partial charge on any atom is 0.192 e. The molecule has 0 spiro atoms. The fourth-order valence-corrected chi connectivity index (χ4v) is 5.88. The third-order valence-corrected chi connectivity index (χ3v) is 8.47. The Kier molecular flexibility index (Phi) is 9.31. The van der Waals surface area contributed by atoms with E-state index in [1.54, 1.807) is 56.3 Å². The molecule has 240 valence electrons. The van der Waals surface area contributed by atoms with Gasteiger partial charge in [-0.3, -0.25) is 9.79 Å². The van der Waals surface area contributed by atoms with Crippen LogP contribution in [0.15, 0.2) is 50.9 Å². The Labute approximate surface area is 253 Å². The molecule has 0 amide bonds. The molecule has 0 bridgehead atoms. The summed E-state index contributed by atoms with van der Waals surface area (Å²) < 4.78 is 12.3. The molecule has 6 atom stereocenters. The zero-order valence-corrected chi connectivity index (χ0v) is 24.9. The summed E-state index contributed by atoms with van der Waals surface area (Å²) >= 11 is 0. The molecule has 6 N–H and O–H groups in total. The molecular weight excluding hydrogens is 576 g/mol. The summed E-state index contributed by atoms with van der Waals surface area (Å²) in [6, 6.07) is 2.80. The summed E-state index contributed by atoms with van der Waals surface area (Å²) in [5.74, 6) is 1.00. The largest absolute Gasteiger partial charge is 0.484 e. The van der Waals surface area contributed by atoms with Crippen LogP contribution in [-0.2, 0) is 22.6 Å². The Morgan fingerprint density at radius 3 is 2.73 bits per heavy atom. The van der Waals surface area contributed by atoms with Crippen molar-refractivity contribution in [2.24, 2.45) is 4.99 Å². The van der Waals surface area contributed by atoms with E-state index in [1.165, 1.54) is 6.07 Å². The number of aryl methyl sites for hydroxylation is 2. The predicted molar refractivity (Wildman–Crippen MR) is 158 cm³/mol. The maximum atomic E-state index is 12.8. The number of hydrogen-bond donors (Lipinski definition) is 6. The van der Waals surface area contributed by atoms with Crippen LogP contribution in [0.25, 0.3) is 11.0 Å². The maximum absolute atomic E-state index is 12.8. The highest BCUT2D eigenvalue weighted by Gasteiger charge is 2.49. The second-order valence-electron chi connectivity index (χ2n) is 12.1. The van der Waals surface area contributed by atoms with Gasteiger partial charge in [-0.25, -0.2) is 9.78 Å². The molecular formula is C31H40N2O11. The molecule has 0 aliphatic carbocycles. The standard InChI is InChI=1S/C31H40N2O11/c1-17-11-23(36)20-12-18-13-26(30(2,3)43-27(18)19(5-4-10-34)28(20)42-17)44-41-15-25(38)31(40,29(39)24(37)14-35)16-33-9-7-21-22(33)6-8-32-21/h6-9,11-12,22,24-26,29,34-35,37-40H,4-5,10,13-16H2,1-3H3/t22?,24-,25+,26-,29-,31-/m1/s1. The molecule has 5 rings (SSSR count). The minimum absolute atomic E-state index is 0.0525. The quantitative estimate of drug-likeness (QED) is 0.131. The van der Waals surface area contributed by atoms with Crippen molar-refractivity contribution in [2.45, 2.75) is 81.7 Å². The summed E-state index contributed by atoms with van der Waals surface area (Å²) in [6.45, 7) is 3.45. The molecule has 3 aliphatic rings. The van der Waals surface area contributed by atoms with Gasteiger partial charge in [0.25, 0.3) is 0 Å². The van der Waals surface area contributed by atoms with Crippen LogP contribution in [0.1, 0.15) is 37.2 Å². The Balaban J connectivity index is 1.34. The number of rotatable bonds is 13. The normalized spacial score (nSPS) is 23.6. The van der Waals surface area contributed by atoms with Crippen molar-refractivity contribution in [3.05, 3.63) is 63.8 Å². The molecule has 0 saturated carbocycles. The number of fused-ring (bicyclic) bond motifs is 3. The van der Waals surface area contributed by atoms with Gasteiger partial charge >= 0.3 is 0 Å². The number of ether oxygens (including phenoxy) is 1. The van der Waals surface area contributed by atoms with Crippen molar-refractivity contribution in [1.82, 2.24) is 4.90 Å². The van der Waals surface area contributed by atoms with E-state index < -0.39 is 48.8 Å². The van der Waals surface area contributed by atoms with Gasteiger partial charge in [0.2, 0.25) is 0 Å². The molecule has 44 heavy (non-hydrogen) atoms. The van der Waals surface area contributed by atoms with Crippen molar-refractivity contribution >= 4 is 16.7 Å².